The van der Waals surface area contributed by atoms with Crippen LogP contribution in [-0.4, -0.2) is 14.2 Å². The molecule has 9 aromatic carbocycles. The predicted octanol–water partition coefficient (Wildman–Crippen LogP) is 16.3. The third kappa shape index (κ3) is 8.86. The molecular weight excluding hydrogens is 809 g/mol. The lowest BCUT2D eigenvalue weighted by molar-refractivity contribution is 0.415. The second kappa shape index (κ2) is 18.9. The summed E-state index contributed by atoms with van der Waals surface area (Å²) < 4.78 is 10.8. The molecule has 6 nitrogen and oxygen atoms in total. The van der Waals surface area contributed by atoms with E-state index in [1.54, 1.807) is 14.2 Å². The van der Waals surface area contributed by atoms with Crippen LogP contribution in [0, 0.1) is 31.8 Å². The van der Waals surface area contributed by atoms with Gasteiger partial charge < -0.3 is 19.3 Å². The zero-order valence-corrected chi connectivity index (χ0v) is 37.2. The fourth-order valence-electron chi connectivity index (χ4n) is 8.29. The first kappa shape index (κ1) is 42.5. The maximum absolute atomic E-state index is 10.6. The van der Waals surface area contributed by atoms with Gasteiger partial charge in [0.2, 0.25) is 5.69 Å². The second-order valence-corrected chi connectivity index (χ2v) is 16.1. The van der Waals surface area contributed by atoms with E-state index < -0.39 is 0 Å². The van der Waals surface area contributed by atoms with E-state index in [0.717, 1.165) is 89.4 Å². The molecule has 66 heavy (non-hydrogen) atoms. The summed E-state index contributed by atoms with van der Waals surface area (Å²) in [4.78, 5) is 8.48. The van der Waals surface area contributed by atoms with Crippen LogP contribution in [0.4, 0.5) is 39.8 Å². The highest BCUT2D eigenvalue weighted by molar-refractivity contribution is 6.16. The third-order valence-corrected chi connectivity index (χ3v) is 11.8. The van der Waals surface area contributed by atoms with Crippen molar-refractivity contribution in [2.75, 3.05) is 24.0 Å². The third-order valence-electron chi connectivity index (χ3n) is 11.8. The zero-order valence-electron chi connectivity index (χ0n) is 37.2. The van der Waals surface area contributed by atoms with E-state index >= 15 is 0 Å². The first-order valence-corrected chi connectivity index (χ1v) is 21.7. The van der Waals surface area contributed by atoms with Crippen molar-refractivity contribution in [2.24, 2.45) is 0 Å². The molecular formula is C60H46N4O2. The van der Waals surface area contributed by atoms with Gasteiger partial charge in [-0.1, -0.05) is 114 Å². The largest absolute Gasteiger partial charge is 0.497 e. The number of nitrogens with zero attached hydrogens (tertiary/aromatic N) is 4. The van der Waals surface area contributed by atoms with Gasteiger partial charge in [0.1, 0.15) is 17.6 Å². The van der Waals surface area contributed by atoms with Crippen molar-refractivity contribution in [1.29, 1.82) is 5.26 Å². The molecule has 318 valence electrons. The topological polar surface area (TPSA) is 53.1 Å². The molecule has 0 aliphatic rings. The van der Waals surface area contributed by atoms with E-state index in [2.05, 4.69) is 150 Å². The Morgan fingerprint density at radius 1 is 0.424 bits per heavy atom. The van der Waals surface area contributed by atoms with Crippen LogP contribution in [0.1, 0.15) is 38.9 Å². The van der Waals surface area contributed by atoms with E-state index in [9.17, 15) is 5.26 Å². The molecule has 0 atom stereocenters. The van der Waals surface area contributed by atoms with Crippen LogP contribution in [0.3, 0.4) is 0 Å². The van der Waals surface area contributed by atoms with Gasteiger partial charge in [0.25, 0.3) is 0 Å². The molecule has 0 aromatic heterocycles. The maximum Gasteiger partial charge on any atom is 0.202 e. The SMILES string of the molecule is [C-]#[N+]c1c2ccc(C=Cc3ccc(N(c4ccc(OC)cc4)c4ccc(OC)cc4)cc3)cc2c(C#N)c2ccc(C=Cc3ccc(N(c4ccc(C)cc4)c4ccc(C)cc4)cc3)cc12. The van der Waals surface area contributed by atoms with Gasteiger partial charge in [-0.2, -0.15) is 5.26 Å². The minimum Gasteiger partial charge on any atom is -0.497 e. The van der Waals surface area contributed by atoms with Crippen molar-refractivity contribution in [3.63, 3.8) is 0 Å². The van der Waals surface area contributed by atoms with E-state index in [4.69, 9.17) is 16.0 Å². The normalized spacial score (nSPS) is 11.2. The Hall–Kier alpha value is -8.84. The Labute approximate surface area is 386 Å². The van der Waals surface area contributed by atoms with Crippen LogP contribution in [0.5, 0.6) is 11.5 Å². The molecule has 9 aromatic rings. The average molecular weight is 855 g/mol. The number of methoxy groups -OCH3 is 2. The number of hydrogen-bond donors (Lipinski definition) is 0. The molecule has 0 aliphatic heterocycles. The summed E-state index contributed by atoms with van der Waals surface area (Å²) in [6, 6.07) is 64.5. The summed E-state index contributed by atoms with van der Waals surface area (Å²) in [7, 11) is 3.33. The van der Waals surface area contributed by atoms with Crippen molar-refractivity contribution >= 4 is 85.7 Å². The quantitative estimate of drug-likeness (QED) is 0.0696. The summed E-state index contributed by atoms with van der Waals surface area (Å²) in [5.41, 5.74) is 13.7. The van der Waals surface area contributed by atoms with Gasteiger partial charge in [0.05, 0.1) is 26.4 Å². The number of rotatable bonds is 12. The highest BCUT2D eigenvalue weighted by Crippen LogP contribution is 2.41. The summed E-state index contributed by atoms with van der Waals surface area (Å²) in [6.45, 7) is 12.5. The number of benzene rings is 9. The Balaban J connectivity index is 0.967. The van der Waals surface area contributed by atoms with Crippen LogP contribution in [0.25, 0.3) is 50.7 Å². The lowest BCUT2D eigenvalue weighted by Gasteiger charge is -2.26. The fraction of sp³-hybridized carbons (Fsp3) is 0.0667. The first-order chi connectivity index (χ1) is 32.3. The summed E-state index contributed by atoms with van der Waals surface area (Å²) in [5.74, 6) is 1.58. The summed E-state index contributed by atoms with van der Waals surface area (Å²) in [5, 5.41) is 13.6. The molecule has 0 saturated heterocycles. The van der Waals surface area contributed by atoms with Crippen LogP contribution >= 0.6 is 0 Å². The number of ether oxygens (including phenoxy) is 2. The standard InChI is InChI=1S/C60H46N4O2/c1-41-6-20-47(21-7-41)63(48-22-8-42(2)9-23-48)49-24-14-44(15-25-49)11-13-46-18-36-55-58(39-46)60(62-3)56-37-19-45(38-57(56)59(55)40-61)12-10-43-16-26-50(27-17-43)64(51-28-32-53(65-4)33-29-51)52-30-34-54(66-5)35-31-52/h6-39H,1-2,4-5H3. The minimum absolute atomic E-state index is 0.537. The molecule has 0 saturated carbocycles. The Morgan fingerprint density at radius 2 is 0.758 bits per heavy atom. The van der Waals surface area contributed by atoms with Crippen molar-refractivity contribution in [2.45, 2.75) is 13.8 Å². The smallest absolute Gasteiger partial charge is 0.202 e. The molecule has 0 N–H and O–H groups in total. The van der Waals surface area contributed by atoms with Gasteiger partial charge in [-0.15, -0.1) is 0 Å². The number of hydrogen-bond acceptors (Lipinski definition) is 5. The minimum atomic E-state index is 0.537. The van der Waals surface area contributed by atoms with E-state index in [-0.39, 0.29) is 0 Å². The summed E-state index contributed by atoms with van der Waals surface area (Å²) in [6.07, 6.45) is 8.26. The lowest BCUT2D eigenvalue weighted by Crippen LogP contribution is -2.09. The van der Waals surface area contributed by atoms with Crippen molar-refractivity contribution < 1.29 is 9.47 Å². The first-order valence-electron chi connectivity index (χ1n) is 21.7. The summed E-state index contributed by atoms with van der Waals surface area (Å²) >= 11 is 0. The van der Waals surface area contributed by atoms with Crippen LogP contribution in [-0.2, 0) is 0 Å². The van der Waals surface area contributed by atoms with E-state index in [1.807, 2.05) is 91.0 Å². The predicted molar refractivity (Wildman–Crippen MR) is 275 cm³/mol. The van der Waals surface area contributed by atoms with Crippen LogP contribution < -0.4 is 19.3 Å². The van der Waals surface area contributed by atoms with E-state index in [1.165, 1.54) is 11.1 Å². The maximum atomic E-state index is 10.6. The molecule has 6 heteroatoms. The van der Waals surface area contributed by atoms with Gasteiger partial charge in [0, 0.05) is 34.1 Å². The van der Waals surface area contributed by atoms with E-state index in [0.29, 0.717) is 11.3 Å². The van der Waals surface area contributed by atoms with Gasteiger partial charge in [-0.05, 0) is 161 Å². The monoisotopic (exact) mass is 854 g/mol. The fourth-order valence-corrected chi connectivity index (χ4v) is 8.29. The Morgan fingerprint density at radius 3 is 1.14 bits per heavy atom. The highest BCUT2D eigenvalue weighted by atomic mass is 16.5. The molecule has 0 amide bonds. The molecule has 9 rings (SSSR count). The van der Waals surface area contributed by atoms with Crippen molar-refractivity contribution in [1.82, 2.24) is 0 Å². The van der Waals surface area contributed by atoms with Crippen LogP contribution in [0.2, 0.25) is 0 Å². The molecule has 0 aliphatic carbocycles. The van der Waals surface area contributed by atoms with Gasteiger partial charge in [-0.3, -0.25) is 0 Å². The molecule has 0 unspecified atom stereocenters. The van der Waals surface area contributed by atoms with Crippen molar-refractivity contribution in [3.8, 4) is 17.6 Å². The molecule has 0 spiro atoms. The van der Waals surface area contributed by atoms with Crippen molar-refractivity contribution in [3.05, 3.63) is 232 Å². The van der Waals surface area contributed by atoms with Gasteiger partial charge in [-0.25, -0.2) is 4.85 Å². The lowest BCUT2D eigenvalue weighted by atomic mass is 9.93. The molecule has 0 fully saturated rings. The van der Waals surface area contributed by atoms with Gasteiger partial charge in [0.15, 0.2) is 0 Å². The number of nitriles is 1. The molecule has 0 bridgehead atoms. The Bertz CT molecular complexity index is 3230. The zero-order chi connectivity index (χ0) is 45.6. The number of aryl methyl sites for hydroxylation is 2. The highest BCUT2D eigenvalue weighted by Gasteiger charge is 2.17. The molecule has 0 radical (unpaired) electrons. The second-order valence-electron chi connectivity index (χ2n) is 16.1. The Kier molecular flexibility index (Phi) is 12.1. The number of anilines is 6. The van der Waals surface area contributed by atoms with Gasteiger partial charge >= 0.3 is 0 Å². The molecule has 0 heterocycles. The average Bonchev–Trinajstić information content (AvgIpc) is 3.36. The van der Waals surface area contributed by atoms with Crippen LogP contribution in [0.15, 0.2) is 182 Å². The number of fused-ring (bicyclic) bond motifs is 2.